The van der Waals surface area contributed by atoms with Gasteiger partial charge in [0.05, 0.1) is 12.1 Å². The molecule has 110 valence electrons. The first-order valence-electron chi connectivity index (χ1n) is 7.52. The van der Waals surface area contributed by atoms with Crippen LogP contribution in [-0.2, 0) is 0 Å². The van der Waals surface area contributed by atoms with E-state index in [4.69, 9.17) is 16.3 Å². The molecule has 0 spiro atoms. The van der Waals surface area contributed by atoms with E-state index < -0.39 is 0 Å². The molecule has 1 N–H and O–H groups in total. The lowest BCUT2D eigenvalue weighted by Gasteiger charge is -2.21. The predicted octanol–water partition coefficient (Wildman–Crippen LogP) is 4.58. The topological polar surface area (TPSA) is 21.3 Å². The van der Waals surface area contributed by atoms with Gasteiger partial charge in [-0.2, -0.15) is 0 Å². The van der Waals surface area contributed by atoms with E-state index >= 15 is 0 Å². The molecule has 21 heavy (non-hydrogen) atoms. The van der Waals surface area contributed by atoms with E-state index in [-0.39, 0.29) is 6.04 Å². The molecule has 2 aromatic rings. The van der Waals surface area contributed by atoms with Gasteiger partial charge in [-0.05, 0) is 48.7 Å². The van der Waals surface area contributed by atoms with E-state index in [2.05, 4.69) is 30.4 Å². The van der Waals surface area contributed by atoms with Crippen LogP contribution >= 0.6 is 11.6 Å². The highest BCUT2D eigenvalue weighted by Crippen LogP contribution is 2.32. The first-order chi connectivity index (χ1) is 10.3. The van der Waals surface area contributed by atoms with Crippen LogP contribution in [0.3, 0.4) is 0 Å². The molecule has 1 aliphatic carbocycles. The van der Waals surface area contributed by atoms with Crippen molar-refractivity contribution in [3.8, 4) is 5.75 Å². The van der Waals surface area contributed by atoms with Gasteiger partial charge in [-0.25, -0.2) is 0 Å². The molecule has 3 heteroatoms. The summed E-state index contributed by atoms with van der Waals surface area (Å²) < 4.78 is 5.90. The van der Waals surface area contributed by atoms with Gasteiger partial charge in [-0.15, -0.1) is 0 Å². The minimum atomic E-state index is 0.0893. The van der Waals surface area contributed by atoms with Crippen molar-refractivity contribution in [1.29, 1.82) is 0 Å². The average Bonchev–Trinajstić information content (AvgIpc) is 3.30. The van der Waals surface area contributed by atoms with E-state index in [9.17, 15) is 0 Å². The summed E-state index contributed by atoms with van der Waals surface area (Å²) in [5.74, 6) is 0.949. The largest absolute Gasteiger partial charge is 0.490 e. The van der Waals surface area contributed by atoms with Crippen LogP contribution in [0.5, 0.6) is 5.75 Å². The molecule has 0 aromatic heterocycles. The second-order valence-corrected chi connectivity index (χ2v) is 5.81. The van der Waals surface area contributed by atoms with Gasteiger partial charge in [0, 0.05) is 5.02 Å². The minimum absolute atomic E-state index is 0.0893. The fourth-order valence-electron chi connectivity index (χ4n) is 2.47. The Morgan fingerprint density at radius 2 is 2.00 bits per heavy atom. The zero-order valence-corrected chi connectivity index (χ0v) is 12.9. The Bertz CT molecular complexity index is 610. The standard InChI is InChI=1S/C18H20ClNO/c1-2-20-18(16-8-3-4-9-17(16)19)13-6-5-7-15(12-13)21-14-10-11-14/h3-9,12,14,18,20H,2,10-11H2,1H3. The summed E-state index contributed by atoms with van der Waals surface area (Å²) >= 11 is 6.37. The zero-order chi connectivity index (χ0) is 14.7. The van der Waals surface area contributed by atoms with Crippen molar-refractivity contribution >= 4 is 11.6 Å². The maximum absolute atomic E-state index is 6.37. The fourth-order valence-corrected chi connectivity index (χ4v) is 2.71. The first kappa shape index (κ1) is 14.4. The SMILES string of the molecule is CCNC(c1cccc(OC2CC2)c1)c1ccccc1Cl. The summed E-state index contributed by atoms with van der Waals surface area (Å²) in [5, 5.41) is 4.30. The molecule has 1 atom stereocenters. The lowest BCUT2D eigenvalue weighted by Crippen LogP contribution is -2.22. The van der Waals surface area contributed by atoms with E-state index in [0.29, 0.717) is 6.10 Å². The molecule has 2 aromatic carbocycles. The number of nitrogens with one attached hydrogen (secondary N) is 1. The first-order valence-corrected chi connectivity index (χ1v) is 7.90. The predicted molar refractivity (Wildman–Crippen MR) is 87.1 cm³/mol. The van der Waals surface area contributed by atoms with Crippen molar-refractivity contribution in [2.75, 3.05) is 6.54 Å². The maximum Gasteiger partial charge on any atom is 0.120 e. The van der Waals surface area contributed by atoms with E-state index in [1.165, 1.54) is 18.4 Å². The van der Waals surface area contributed by atoms with Gasteiger partial charge in [0.25, 0.3) is 0 Å². The monoisotopic (exact) mass is 301 g/mol. The van der Waals surface area contributed by atoms with Crippen LogP contribution in [0.4, 0.5) is 0 Å². The molecule has 3 rings (SSSR count). The number of benzene rings is 2. The smallest absolute Gasteiger partial charge is 0.120 e. The molecule has 1 saturated carbocycles. The Hall–Kier alpha value is -1.51. The third-order valence-electron chi connectivity index (χ3n) is 3.64. The highest BCUT2D eigenvalue weighted by atomic mass is 35.5. The molecule has 1 aliphatic rings. The summed E-state index contributed by atoms with van der Waals surface area (Å²) in [6.07, 6.45) is 2.76. The van der Waals surface area contributed by atoms with Crippen molar-refractivity contribution in [3.63, 3.8) is 0 Å². The van der Waals surface area contributed by atoms with Crippen molar-refractivity contribution in [1.82, 2.24) is 5.32 Å². The van der Waals surface area contributed by atoms with Crippen LogP contribution in [0.25, 0.3) is 0 Å². The van der Waals surface area contributed by atoms with E-state index in [1.54, 1.807) is 0 Å². The van der Waals surface area contributed by atoms with Crippen LogP contribution in [0.1, 0.15) is 36.9 Å². The third kappa shape index (κ3) is 3.58. The summed E-state index contributed by atoms with van der Waals surface area (Å²) in [6.45, 7) is 2.98. The fraction of sp³-hybridized carbons (Fsp3) is 0.333. The van der Waals surface area contributed by atoms with Crippen molar-refractivity contribution in [3.05, 3.63) is 64.7 Å². The number of hydrogen-bond donors (Lipinski definition) is 1. The summed E-state index contributed by atoms with van der Waals surface area (Å²) in [6, 6.07) is 16.4. The van der Waals surface area contributed by atoms with Crippen molar-refractivity contribution < 1.29 is 4.74 Å². The summed E-state index contributed by atoms with van der Waals surface area (Å²) in [4.78, 5) is 0. The second-order valence-electron chi connectivity index (χ2n) is 5.40. The van der Waals surface area contributed by atoms with E-state index in [1.807, 2.05) is 30.3 Å². The molecular formula is C18H20ClNO. The van der Waals surface area contributed by atoms with Crippen LogP contribution in [0, 0.1) is 0 Å². The summed E-state index contributed by atoms with van der Waals surface area (Å²) in [5.41, 5.74) is 2.28. The van der Waals surface area contributed by atoms with Crippen molar-refractivity contribution in [2.24, 2.45) is 0 Å². The number of rotatable bonds is 6. The number of hydrogen-bond acceptors (Lipinski definition) is 2. The third-order valence-corrected chi connectivity index (χ3v) is 3.99. The highest BCUT2D eigenvalue weighted by Gasteiger charge is 2.24. The van der Waals surface area contributed by atoms with Crippen molar-refractivity contribution in [2.45, 2.75) is 31.9 Å². The molecule has 1 fully saturated rings. The molecule has 0 saturated heterocycles. The second kappa shape index (κ2) is 6.50. The molecule has 0 radical (unpaired) electrons. The Labute approximate surface area is 131 Å². The number of halogens is 1. The summed E-state index contributed by atoms with van der Waals surface area (Å²) in [7, 11) is 0. The van der Waals surface area contributed by atoms with Crippen LogP contribution in [0.15, 0.2) is 48.5 Å². The Balaban J connectivity index is 1.91. The molecule has 0 aliphatic heterocycles. The highest BCUT2D eigenvalue weighted by molar-refractivity contribution is 6.31. The van der Waals surface area contributed by atoms with Gasteiger partial charge in [0.2, 0.25) is 0 Å². The Morgan fingerprint density at radius 1 is 1.19 bits per heavy atom. The zero-order valence-electron chi connectivity index (χ0n) is 12.2. The normalized spacial score (nSPS) is 15.7. The Kier molecular flexibility index (Phi) is 4.47. The van der Waals surface area contributed by atoms with Crippen LogP contribution in [-0.4, -0.2) is 12.6 Å². The molecular weight excluding hydrogens is 282 g/mol. The Morgan fingerprint density at radius 3 is 2.71 bits per heavy atom. The average molecular weight is 302 g/mol. The van der Waals surface area contributed by atoms with Gasteiger partial charge in [-0.3, -0.25) is 0 Å². The molecule has 2 nitrogen and oxygen atoms in total. The van der Waals surface area contributed by atoms with Gasteiger partial charge in [0.1, 0.15) is 5.75 Å². The maximum atomic E-state index is 6.37. The molecule has 0 amide bonds. The van der Waals surface area contributed by atoms with Gasteiger partial charge < -0.3 is 10.1 Å². The van der Waals surface area contributed by atoms with Crippen LogP contribution in [0.2, 0.25) is 5.02 Å². The van der Waals surface area contributed by atoms with Crippen LogP contribution < -0.4 is 10.1 Å². The molecule has 0 heterocycles. The number of ether oxygens (including phenoxy) is 1. The van der Waals surface area contributed by atoms with Gasteiger partial charge in [-0.1, -0.05) is 48.9 Å². The lowest BCUT2D eigenvalue weighted by molar-refractivity contribution is 0.302. The quantitative estimate of drug-likeness (QED) is 0.843. The minimum Gasteiger partial charge on any atom is -0.490 e. The molecule has 0 bridgehead atoms. The van der Waals surface area contributed by atoms with E-state index in [0.717, 1.165) is 22.9 Å². The lowest BCUT2D eigenvalue weighted by atomic mass is 9.98. The molecule has 1 unspecified atom stereocenters. The van der Waals surface area contributed by atoms with Gasteiger partial charge in [0.15, 0.2) is 0 Å². The van der Waals surface area contributed by atoms with Gasteiger partial charge >= 0.3 is 0 Å².